The van der Waals surface area contributed by atoms with Crippen LogP contribution in [0.1, 0.15) is 0 Å². The number of halogens is 1. The van der Waals surface area contributed by atoms with E-state index in [2.05, 4.69) is 0 Å². The normalized spacial score (nSPS) is 5.20. The van der Waals surface area contributed by atoms with Crippen LogP contribution in [0.2, 0.25) is 0 Å². The van der Waals surface area contributed by atoms with Gasteiger partial charge in [-0.15, -0.1) is 0 Å². The van der Waals surface area contributed by atoms with E-state index < -0.39 is 21.0 Å². The quantitative estimate of drug-likeness (QED) is 0.461. The molecule has 0 heterocycles. The van der Waals surface area contributed by atoms with Gasteiger partial charge in [-0.25, -0.2) is 0 Å². The molecule has 0 aromatic rings. The Hall–Kier alpha value is 0.468. The zero-order valence-electron chi connectivity index (χ0n) is 2.16. The van der Waals surface area contributed by atoms with Crippen LogP contribution in [0.15, 0.2) is 0 Å². The molecule has 0 aliphatic carbocycles. The summed E-state index contributed by atoms with van der Waals surface area (Å²) in [5, 5.41) is 0. The van der Waals surface area contributed by atoms with Crippen LogP contribution in [0.4, 0.5) is 4.70 Å². The van der Waals surface area contributed by atoms with Gasteiger partial charge in [-0.3, -0.25) is 4.70 Å². The Morgan fingerprint density at radius 3 is 1.40 bits per heavy atom. The van der Waals surface area contributed by atoms with Crippen molar-refractivity contribution in [3.63, 3.8) is 0 Å². The zero-order chi connectivity index (χ0) is 3.58. The van der Waals surface area contributed by atoms with Crippen molar-refractivity contribution in [1.82, 2.24) is 0 Å². The van der Waals surface area contributed by atoms with Crippen LogP contribution in [0.25, 0.3) is 0 Å². The standard InChI is InChI=1S/FH.2H2O.O.Sb/h1H;2*1H2;;/q;;;;+2/p-2. The van der Waals surface area contributed by atoms with Gasteiger partial charge in [0.25, 0.3) is 0 Å². The molecule has 5 heavy (non-hydrogen) atoms. The topological polar surface area (TPSA) is 57.5 Å². The Morgan fingerprint density at radius 2 is 1.40 bits per heavy atom. The number of rotatable bonds is 0. The van der Waals surface area contributed by atoms with Crippen LogP contribution >= 0.6 is 0 Å². The molecule has 0 amide bonds. The summed E-state index contributed by atoms with van der Waals surface area (Å²) >= 11 is -3.70. The summed E-state index contributed by atoms with van der Waals surface area (Å²) in [6.45, 7) is 0. The maximum atomic E-state index is 8.82. The van der Waals surface area contributed by atoms with Crippen molar-refractivity contribution in [2.24, 2.45) is 0 Å². The first-order valence-electron chi connectivity index (χ1n) is 0.583. The fraction of sp³-hybridized carbons (Fsp3) is 0. The molecule has 33 valence electrons. The fourth-order valence-electron chi connectivity index (χ4n) is 0. The monoisotopic (exact) mass is 191 g/mol. The molecular formula is H3FO3Sb. The SMILES string of the molecule is F.[O]=[Sb]([OH])[OH]. The van der Waals surface area contributed by atoms with Gasteiger partial charge in [0.05, 0.1) is 0 Å². The van der Waals surface area contributed by atoms with Crippen LogP contribution < -0.4 is 0 Å². The zero-order valence-corrected chi connectivity index (χ0v) is 4.71. The van der Waals surface area contributed by atoms with E-state index >= 15 is 0 Å². The van der Waals surface area contributed by atoms with E-state index in [-0.39, 0.29) is 4.70 Å². The van der Waals surface area contributed by atoms with Crippen molar-refractivity contribution in [3.05, 3.63) is 0 Å². The molecule has 0 aliphatic heterocycles. The summed E-state index contributed by atoms with van der Waals surface area (Å²) in [4.78, 5) is 0. The van der Waals surface area contributed by atoms with Gasteiger partial charge in [-0.1, -0.05) is 0 Å². The van der Waals surface area contributed by atoms with Gasteiger partial charge >= 0.3 is 30.8 Å². The van der Waals surface area contributed by atoms with E-state index in [0.29, 0.717) is 0 Å². The van der Waals surface area contributed by atoms with E-state index in [0.717, 1.165) is 0 Å². The van der Waals surface area contributed by atoms with E-state index in [9.17, 15) is 0 Å². The van der Waals surface area contributed by atoms with Crippen LogP contribution in [-0.2, 0) is 3.02 Å². The molecule has 0 saturated heterocycles. The third kappa shape index (κ3) is 124. The second-order valence-corrected chi connectivity index (χ2v) is 1.70. The Bertz CT molecular complexity index is 29.9. The molecule has 2 N–H and O–H groups in total. The van der Waals surface area contributed by atoms with Gasteiger partial charge < -0.3 is 0 Å². The maximum absolute atomic E-state index is 8.82. The third-order valence-electron chi connectivity index (χ3n) is 0. The number of hydrogen-bond donors (Lipinski definition) is 2. The minimum absolute atomic E-state index is 0. The van der Waals surface area contributed by atoms with Gasteiger partial charge in [-0.05, 0) is 0 Å². The van der Waals surface area contributed by atoms with Crippen molar-refractivity contribution in [2.45, 2.75) is 0 Å². The van der Waals surface area contributed by atoms with Gasteiger partial charge in [0.15, 0.2) is 0 Å². The summed E-state index contributed by atoms with van der Waals surface area (Å²) < 4.78 is 23.3. The molecule has 0 spiro atoms. The molecule has 0 saturated carbocycles. The van der Waals surface area contributed by atoms with Gasteiger partial charge in [0.1, 0.15) is 0 Å². The second-order valence-electron chi connectivity index (χ2n) is 0.253. The van der Waals surface area contributed by atoms with Crippen molar-refractivity contribution in [1.29, 1.82) is 0 Å². The first kappa shape index (κ1) is 9.08. The minimum atomic E-state index is -3.70. The van der Waals surface area contributed by atoms with E-state index in [4.69, 9.17) is 9.79 Å². The van der Waals surface area contributed by atoms with Crippen LogP contribution in [0.5, 0.6) is 0 Å². The average Bonchev–Trinajstić information content (AvgIpc) is 0.811. The Balaban J connectivity index is 0. The molecule has 0 aromatic carbocycles. The Morgan fingerprint density at radius 1 is 1.40 bits per heavy atom. The molecule has 0 bridgehead atoms. The fourth-order valence-corrected chi connectivity index (χ4v) is 0. The summed E-state index contributed by atoms with van der Waals surface area (Å²) in [7, 11) is 0. The summed E-state index contributed by atoms with van der Waals surface area (Å²) in [6, 6.07) is 0. The molecule has 0 unspecified atom stereocenters. The second kappa shape index (κ2) is 4.47. The summed E-state index contributed by atoms with van der Waals surface area (Å²) in [6.07, 6.45) is 0. The molecule has 0 aliphatic rings. The van der Waals surface area contributed by atoms with Crippen LogP contribution in [0, 0.1) is 0 Å². The van der Waals surface area contributed by atoms with Crippen molar-refractivity contribution >= 4 is 21.0 Å². The summed E-state index contributed by atoms with van der Waals surface area (Å²) in [5.41, 5.74) is 0. The molecule has 1 radical (unpaired) electrons. The third-order valence-corrected chi connectivity index (χ3v) is 0. The molecule has 0 aromatic heterocycles. The predicted molar refractivity (Wildman–Crippen MR) is 13.4 cm³/mol. The molecule has 0 rings (SSSR count). The molecule has 0 atom stereocenters. The van der Waals surface area contributed by atoms with Crippen molar-refractivity contribution in [2.75, 3.05) is 0 Å². The van der Waals surface area contributed by atoms with E-state index in [1.54, 1.807) is 0 Å². The van der Waals surface area contributed by atoms with Crippen molar-refractivity contribution in [3.8, 4) is 0 Å². The predicted octanol–water partition coefficient (Wildman–Crippen LogP) is -1.46. The number of hydrogen-bond acceptors (Lipinski definition) is 1. The summed E-state index contributed by atoms with van der Waals surface area (Å²) in [5.74, 6) is 0. The Labute approximate surface area is 36.1 Å². The van der Waals surface area contributed by atoms with Crippen LogP contribution in [-0.4, -0.2) is 27.8 Å². The van der Waals surface area contributed by atoms with Crippen molar-refractivity contribution < 1.29 is 14.5 Å². The Kier molecular flexibility index (Phi) is 8.11. The first-order chi connectivity index (χ1) is 1.73. The van der Waals surface area contributed by atoms with E-state index in [1.165, 1.54) is 0 Å². The average molecular weight is 192 g/mol. The van der Waals surface area contributed by atoms with Gasteiger partial charge in [-0.2, -0.15) is 0 Å². The molecular weight excluding hydrogens is 189 g/mol. The van der Waals surface area contributed by atoms with Crippen LogP contribution in [0.3, 0.4) is 0 Å². The molecule has 5 heteroatoms. The molecule has 3 nitrogen and oxygen atoms in total. The van der Waals surface area contributed by atoms with E-state index in [1.807, 2.05) is 0 Å². The van der Waals surface area contributed by atoms with Gasteiger partial charge in [0.2, 0.25) is 0 Å². The molecule has 0 fully saturated rings. The first-order valence-corrected chi connectivity index (χ1v) is 3.91. The van der Waals surface area contributed by atoms with Gasteiger partial charge in [0, 0.05) is 0 Å².